The van der Waals surface area contributed by atoms with Crippen LogP contribution in [0.4, 0.5) is 0 Å². The molecule has 0 aliphatic heterocycles. The van der Waals surface area contributed by atoms with Crippen molar-refractivity contribution in [3.05, 3.63) is 29.6 Å². The van der Waals surface area contributed by atoms with E-state index in [2.05, 4.69) is 10.3 Å². The summed E-state index contributed by atoms with van der Waals surface area (Å²) in [4.78, 5) is 3.94. The summed E-state index contributed by atoms with van der Waals surface area (Å²) in [5.74, 6) is 0. The molecule has 1 aromatic rings. The first-order chi connectivity index (χ1) is 8.28. The number of nitrogens with one attached hydrogen (secondary N) is 1. The van der Waals surface area contributed by atoms with Gasteiger partial charge in [-0.1, -0.05) is 6.07 Å². The van der Waals surface area contributed by atoms with Crippen molar-refractivity contribution < 1.29 is 8.42 Å². The van der Waals surface area contributed by atoms with E-state index in [0.29, 0.717) is 18.8 Å². The van der Waals surface area contributed by atoms with Gasteiger partial charge < -0.3 is 5.32 Å². The first-order valence-corrected chi connectivity index (χ1v) is 7.41. The van der Waals surface area contributed by atoms with Crippen LogP contribution in [-0.2, 0) is 16.4 Å². The van der Waals surface area contributed by atoms with E-state index in [0.717, 1.165) is 5.56 Å². The molecular formula is C12H17N3O2S. The van der Waals surface area contributed by atoms with Gasteiger partial charge in [-0.15, -0.1) is 0 Å². The minimum absolute atomic E-state index is 0.325. The summed E-state index contributed by atoms with van der Waals surface area (Å²) in [6.07, 6.45) is 2.78. The van der Waals surface area contributed by atoms with Crippen molar-refractivity contribution in [2.45, 2.75) is 25.1 Å². The van der Waals surface area contributed by atoms with Crippen LogP contribution in [0.25, 0.3) is 0 Å². The monoisotopic (exact) mass is 267 g/mol. The topological polar surface area (TPSA) is 82.8 Å². The molecule has 6 heteroatoms. The van der Waals surface area contributed by atoms with Gasteiger partial charge in [0, 0.05) is 31.1 Å². The van der Waals surface area contributed by atoms with E-state index >= 15 is 0 Å². The quantitative estimate of drug-likeness (QED) is 0.855. The Bertz CT molecular complexity index is 559. The second-order valence-corrected chi connectivity index (χ2v) is 7.41. The van der Waals surface area contributed by atoms with E-state index in [-0.39, 0.29) is 0 Å². The molecule has 1 N–H and O–H groups in total. The number of hydrogen-bond donors (Lipinski definition) is 1. The summed E-state index contributed by atoms with van der Waals surface area (Å²) in [7, 11) is -3.12. The van der Waals surface area contributed by atoms with Crippen LogP contribution in [0.1, 0.15) is 25.1 Å². The molecule has 0 fully saturated rings. The summed E-state index contributed by atoms with van der Waals surface area (Å²) >= 11 is 0. The lowest BCUT2D eigenvalue weighted by Crippen LogP contribution is -2.41. The predicted molar refractivity (Wildman–Crippen MR) is 69.6 cm³/mol. The Kier molecular flexibility index (Phi) is 4.43. The normalized spacial score (nSPS) is 12.1. The summed E-state index contributed by atoms with van der Waals surface area (Å²) in [6.45, 7) is 4.09. The number of nitrogens with zero attached hydrogens (tertiary/aromatic N) is 2. The highest BCUT2D eigenvalue weighted by molar-refractivity contribution is 7.92. The van der Waals surface area contributed by atoms with Crippen LogP contribution in [0.15, 0.2) is 18.3 Å². The Morgan fingerprint density at radius 2 is 2.17 bits per heavy atom. The zero-order valence-corrected chi connectivity index (χ0v) is 11.6. The first kappa shape index (κ1) is 14.6. The first-order valence-electron chi connectivity index (χ1n) is 5.52. The van der Waals surface area contributed by atoms with E-state index < -0.39 is 14.6 Å². The second kappa shape index (κ2) is 5.46. The molecule has 5 nitrogen and oxygen atoms in total. The number of aromatic nitrogens is 1. The highest BCUT2D eigenvalue weighted by atomic mass is 32.2. The van der Waals surface area contributed by atoms with Gasteiger partial charge in [0.1, 0.15) is 11.8 Å². The molecule has 0 bridgehead atoms. The molecule has 98 valence electrons. The van der Waals surface area contributed by atoms with Gasteiger partial charge >= 0.3 is 0 Å². The van der Waals surface area contributed by atoms with Crippen molar-refractivity contribution in [3.63, 3.8) is 0 Å². The molecule has 0 radical (unpaired) electrons. The van der Waals surface area contributed by atoms with E-state index in [1.54, 1.807) is 32.2 Å². The zero-order valence-electron chi connectivity index (χ0n) is 10.8. The molecule has 0 unspecified atom stereocenters. The molecule has 0 atom stereocenters. The number of nitriles is 1. The second-order valence-electron chi connectivity index (χ2n) is 4.76. The van der Waals surface area contributed by atoms with Gasteiger partial charge in [-0.3, -0.25) is 0 Å². The van der Waals surface area contributed by atoms with E-state index in [1.807, 2.05) is 6.07 Å². The minimum Gasteiger partial charge on any atom is -0.311 e. The lowest BCUT2D eigenvalue weighted by Gasteiger charge is -2.22. The van der Waals surface area contributed by atoms with Gasteiger partial charge in [0.15, 0.2) is 9.84 Å². The molecule has 0 saturated heterocycles. The van der Waals surface area contributed by atoms with E-state index in [9.17, 15) is 8.42 Å². The maximum atomic E-state index is 11.5. The fourth-order valence-corrected chi connectivity index (χ4v) is 1.68. The number of pyridine rings is 1. The van der Waals surface area contributed by atoms with Crippen molar-refractivity contribution >= 4 is 9.84 Å². The molecule has 0 aromatic carbocycles. The largest absolute Gasteiger partial charge is 0.311 e. The molecular weight excluding hydrogens is 250 g/mol. The number of sulfone groups is 1. The fraction of sp³-hybridized carbons (Fsp3) is 0.500. The van der Waals surface area contributed by atoms with Crippen LogP contribution in [0, 0.1) is 11.3 Å². The standard InChI is InChI=1S/C12H17N3O2S/c1-12(2,18(3,16)17)9-14-8-10-5-4-6-15-11(10)7-13/h4-6,14H,8-9H2,1-3H3. The van der Waals surface area contributed by atoms with Crippen molar-refractivity contribution in [2.75, 3.05) is 12.8 Å². The van der Waals surface area contributed by atoms with Gasteiger partial charge in [-0.25, -0.2) is 13.4 Å². The summed E-state index contributed by atoms with van der Waals surface area (Å²) < 4.78 is 22.2. The van der Waals surface area contributed by atoms with Crippen molar-refractivity contribution in [2.24, 2.45) is 0 Å². The Morgan fingerprint density at radius 1 is 1.50 bits per heavy atom. The molecule has 1 rings (SSSR count). The Balaban J connectivity index is 2.66. The third kappa shape index (κ3) is 3.52. The Labute approximate surface area is 108 Å². The van der Waals surface area contributed by atoms with E-state index in [4.69, 9.17) is 5.26 Å². The van der Waals surface area contributed by atoms with Crippen LogP contribution in [0.2, 0.25) is 0 Å². The third-order valence-electron chi connectivity index (χ3n) is 2.87. The summed E-state index contributed by atoms with van der Waals surface area (Å²) in [6, 6.07) is 5.55. The van der Waals surface area contributed by atoms with Crippen molar-refractivity contribution in [1.29, 1.82) is 5.26 Å². The molecule has 18 heavy (non-hydrogen) atoms. The molecule has 0 spiro atoms. The van der Waals surface area contributed by atoms with Gasteiger partial charge in [0.2, 0.25) is 0 Å². The van der Waals surface area contributed by atoms with E-state index in [1.165, 1.54) is 6.26 Å². The van der Waals surface area contributed by atoms with Crippen LogP contribution >= 0.6 is 0 Å². The van der Waals surface area contributed by atoms with Crippen LogP contribution < -0.4 is 5.32 Å². The zero-order chi connectivity index (χ0) is 13.8. The van der Waals surface area contributed by atoms with Crippen molar-refractivity contribution in [1.82, 2.24) is 10.3 Å². The highest BCUT2D eigenvalue weighted by Crippen LogP contribution is 2.14. The SMILES string of the molecule is CC(C)(CNCc1cccnc1C#N)S(C)(=O)=O. The number of rotatable bonds is 5. The van der Waals surface area contributed by atoms with Gasteiger partial charge in [-0.2, -0.15) is 5.26 Å². The predicted octanol–water partition coefficient (Wildman–Crippen LogP) is 0.866. The highest BCUT2D eigenvalue weighted by Gasteiger charge is 2.29. The molecule has 0 aliphatic carbocycles. The fourth-order valence-electron chi connectivity index (χ4n) is 1.31. The summed E-state index contributed by atoms with van der Waals surface area (Å²) in [5.41, 5.74) is 1.13. The minimum atomic E-state index is -3.12. The maximum absolute atomic E-state index is 11.5. The lowest BCUT2D eigenvalue weighted by molar-refractivity contribution is 0.521. The smallest absolute Gasteiger partial charge is 0.153 e. The van der Waals surface area contributed by atoms with Gasteiger partial charge in [-0.05, 0) is 19.9 Å². The Hall–Kier alpha value is -1.45. The van der Waals surface area contributed by atoms with Crippen LogP contribution in [0.3, 0.4) is 0 Å². The Morgan fingerprint density at radius 3 is 2.72 bits per heavy atom. The van der Waals surface area contributed by atoms with Crippen LogP contribution in [0.5, 0.6) is 0 Å². The van der Waals surface area contributed by atoms with Crippen LogP contribution in [-0.4, -0.2) is 30.9 Å². The van der Waals surface area contributed by atoms with Gasteiger partial charge in [0.05, 0.1) is 4.75 Å². The van der Waals surface area contributed by atoms with Gasteiger partial charge in [0.25, 0.3) is 0 Å². The maximum Gasteiger partial charge on any atom is 0.153 e. The average Bonchev–Trinajstić information content (AvgIpc) is 2.28. The number of hydrogen-bond acceptors (Lipinski definition) is 5. The molecule has 1 aromatic heterocycles. The third-order valence-corrected chi connectivity index (χ3v) is 5.02. The summed E-state index contributed by atoms with van der Waals surface area (Å²) in [5, 5.41) is 11.9. The molecule has 0 aliphatic rings. The lowest BCUT2D eigenvalue weighted by atomic mass is 10.1. The molecule has 0 saturated carbocycles. The molecule has 0 amide bonds. The average molecular weight is 267 g/mol. The molecule has 1 heterocycles. The van der Waals surface area contributed by atoms with Crippen molar-refractivity contribution in [3.8, 4) is 6.07 Å².